The number of benzene rings is 1. The van der Waals surface area contributed by atoms with Crippen molar-refractivity contribution in [2.45, 2.75) is 31.5 Å². The van der Waals surface area contributed by atoms with E-state index in [2.05, 4.69) is 61.0 Å². The first-order valence-corrected chi connectivity index (χ1v) is 5.23. The average Bonchev–Trinajstić information content (AvgIpc) is 2.03. The Balaban J connectivity index is 2.88. The third kappa shape index (κ3) is 2.34. The summed E-state index contributed by atoms with van der Waals surface area (Å²) in [6, 6.07) is 8.70. The molecule has 0 nitrogen and oxygen atoms in total. The van der Waals surface area contributed by atoms with Crippen LogP contribution in [0.2, 0.25) is 0 Å². The van der Waals surface area contributed by atoms with Gasteiger partial charge in [-0.05, 0) is 18.4 Å². The fourth-order valence-electron chi connectivity index (χ4n) is 1.22. The van der Waals surface area contributed by atoms with Crippen LogP contribution >= 0.6 is 15.9 Å². The Kier molecular flexibility index (Phi) is 3.33. The molecule has 0 bridgehead atoms. The lowest BCUT2D eigenvalue weighted by Crippen LogP contribution is -2.04. The molecular formula is C11H15Br. The summed E-state index contributed by atoms with van der Waals surface area (Å²) < 4.78 is 0. The van der Waals surface area contributed by atoms with E-state index in [1.54, 1.807) is 0 Å². The smallest absolute Gasteiger partial charge is 0.0183 e. The molecule has 2 unspecified atom stereocenters. The Labute approximate surface area is 83.1 Å². The summed E-state index contributed by atoms with van der Waals surface area (Å²) in [6.07, 6.45) is 0. The van der Waals surface area contributed by atoms with Crippen molar-refractivity contribution in [2.24, 2.45) is 0 Å². The van der Waals surface area contributed by atoms with Crippen LogP contribution in [-0.4, -0.2) is 4.83 Å². The number of aryl methyl sites for hydroxylation is 1. The highest BCUT2D eigenvalue weighted by molar-refractivity contribution is 9.09. The molecule has 12 heavy (non-hydrogen) atoms. The fraction of sp³-hybridized carbons (Fsp3) is 0.455. The zero-order chi connectivity index (χ0) is 9.14. The first kappa shape index (κ1) is 9.79. The molecule has 0 aliphatic carbocycles. The van der Waals surface area contributed by atoms with Crippen molar-refractivity contribution in [1.29, 1.82) is 0 Å². The molecule has 1 aromatic rings. The van der Waals surface area contributed by atoms with Gasteiger partial charge in [-0.2, -0.15) is 0 Å². The molecule has 0 aliphatic rings. The van der Waals surface area contributed by atoms with Crippen LogP contribution in [0.25, 0.3) is 0 Å². The van der Waals surface area contributed by atoms with Gasteiger partial charge in [0.2, 0.25) is 0 Å². The predicted octanol–water partition coefficient (Wildman–Crippen LogP) is 3.88. The molecule has 1 rings (SSSR count). The van der Waals surface area contributed by atoms with Crippen molar-refractivity contribution in [1.82, 2.24) is 0 Å². The zero-order valence-corrected chi connectivity index (χ0v) is 9.43. The van der Waals surface area contributed by atoms with Gasteiger partial charge in [0.05, 0.1) is 0 Å². The maximum absolute atomic E-state index is 3.60. The molecule has 0 spiro atoms. The lowest BCUT2D eigenvalue weighted by atomic mass is 9.97. The van der Waals surface area contributed by atoms with Crippen LogP contribution in [-0.2, 0) is 0 Å². The molecule has 0 saturated heterocycles. The van der Waals surface area contributed by atoms with Crippen LogP contribution in [0.4, 0.5) is 0 Å². The molecule has 0 saturated carbocycles. The monoisotopic (exact) mass is 226 g/mol. The second-order valence-corrected chi connectivity index (χ2v) is 4.82. The van der Waals surface area contributed by atoms with Gasteiger partial charge in [-0.25, -0.2) is 0 Å². The summed E-state index contributed by atoms with van der Waals surface area (Å²) in [6.45, 7) is 6.57. The maximum Gasteiger partial charge on any atom is 0.0183 e. The van der Waals surface area contributed by atoms with Crippen molar-refractivity contribution in [2.75, 3.05) is 0 Å². The van der Waals surface area contributed by atoms with Gasteiger partial charge in [0.15, 0.2) is 0 Å². The van der Waals surface area contributed by atoms with E-state index in [4.69, 9.17) is 0 Å². The number of rotatable bonds is 2. The van der Waals surface area contributed by atoms with E-state index in [0.717, 1.165) is 0 Å². The molecule has 0 aromatic heterocycles. The number of halogens is 1. The van der Waals surface area contributed by atoms with E-state index < -0.39 is 0 Å². The third-order valence-corrected chi connectivity index (χ3v) is 3.05. The molecule has 66 valence electrons. The molecule has 0 aliphatic heterocycles. The Bertz CT molecular complexity index is 253. The zero-order valence-electron chi connectivity index (χ0n) is 7.84. The van der Waals surface area contributed by atoms with Crippen molar-refractivity contribution < 1.29 is 0 Å². The van der Waals surface area contributed by atoms with E-state index in [9.17, 15) is 0 Å². The Morgan fingerprint density at radius 3 is 2.42 bits per heavy atom. The standard InChI is InChI=1S/C11H15Br/c1-8-5-4-6-11(7-8)9(2)10(3)12/h4-7,9-10H,1-3H3. The van der Waals surface area contributed by atoms with Gasteiger partial charge in [0.25, 0.3) is 0 Å². The number of alkyl halides is 1. The molecule has 0 amide bonds. The highest BCUT2D eigenvalue weighted by Crippen LogP contribution is 2.24. The Morgan fingerprint density at radius 2 is 1.92 bits per heavy atom. The lowest BCUT2D eigenvalue weighted by Gasteiger charge is -2.14. The normalized spacial score (nSPS) is 15.7. The minimum Gasteiger partial charge on any atom is -0.0887 e. The largest absolute Gasteiger partial charge is 0.0887 e. The van der Waals surface area contributed by atoms with Crippen LogP contribution in [0, 0.1) is 6.92 Å². The summed E-state index contributed by atoms with van der Waals surface area (Å²) in [7, 11) is 0. The van der Waals surface area contributed by atoms with E-state index in [-0.39, 0.29) is 0 Å². The maximum atomic E-state index is 3.60. The highest BCUT2D eigenvalue weighted by atomic mass is 79.9. The van der Waals surface area contributed by atoms with Gasteiger partial charge in [0, 0.05) is 4.83 Å². The quantitative estimate of drug-likeness (QED) is 0.672. The second-order valence-electron chi connectivity index (χ2n) is 3.38. The Hall–Kier alpha value is -0.300. The molecule has 0 fully saturated rings. The van der Waals surface area contributed by atoms with E-state index in [0.29, 0.717) is 10.7 Å². The minimum absolute atomic E-state index is 0.541. The van der Waals surface area contributed by atoms with Crippen LogP contribution in [0.3, 0.4) is 0 Å². The topological polar surface area (TPSA) is 0 Å². The number of hydrogen-bond acceptors (Lipinski definition) is 0. The SMILES string of the molecule is Cc1cccc(C(C)C(C)Br)c1. The van der Waals surface area contributed by atoms with Crippen molar-refractivity contribution in [3.8, 4) is 0 Å². The van der Waals surface area contributed by atoms with Crippen LogP contribution < -0.4 is 0 Å². The minimum atomic E-state index is 0.541. The molecule has 1 heteroatoms. The molecule has 2 atom stereocenters. The highest BCUT2D eigenvalue weighted by Gasteiger charge is 2.10. The van der Waals surface area contributed by atoms with E-state index in [1.165, 1.54) is 11.1 Å². The van der Waals surface area contributed by atoms with Gasteiger partial charge in [-0.15, -0.1) is 0 Å². The first-order chi connectivity index (χ1) is 5.61. The van der Waals surface area contributed by atoms with Crippen molar-refractivity contribution in [3.63, 3.8) is 0 Å². The number of hydrogen-bond donors (Lipinski definition) is 0. The second kappa shape index (κ2) is 4.08. The van der Waals surface area contributed by atoms with Crippen molar-refractivity contribution >= 4 is 15.9 Å². The summed E-state index contributed by atoms with van der Waals surface area (Å²) in [5.41, 5.74) is 2.76. The molecule has 1 aromatic carbocycles. The molecule has 0 N–H and O–H groups in total. The van der Waals surface area contributed by atoms with Crippen molar-refractivity contribution in [3.05, 3.63) is 35.4 Å². The lowest BCUT2D eigenvalue weighted by molar-refractivity contribution is 0.761. The van der Waals surface area contributed by atoms with Crippen LogP contribution in [0.15, 0.2) is 24.3 Å². The van der Waals surface area contributed by atoms with Gasteiger partial charge in [-0.3, -0.25) is 0 Å². The third-order valence-electron chi connectivity index (χ3n) is 2.26. The van der Waals surface area contributed by atoms with Gasteiger partial charge < -0.3 is 0 Å². The van der Waals surface area contributed by atoms with Gasteiger partial charge in [-0.1, -0.05) is 59.6 Å². The first-order valence-electron chi connectivity index (χ1n) is 4.32. The summed E-state index contributed by atoms with van der Waals surface area (Å²) in [5, 5.41) is 0. The predicted molar refractivity (Wildman–Crippen MR) is 58.0 cm³/mol. The molecular weight excluding hydrogens is 212 g/mol. The van der Waals surface area contributed by atoms with E-state index >= 15 is 0 Å². The molecule has 0 heterocycles. The van der Waals surface area contributed by atoms with Crippen LogP contribution in [0.1, 0.15) is 30.9 Å². The average molecular weight is 227 g/mol. The fourth-order valence-corrected chi connectivity index (χ4v) is 1.52. The molecule has 0 radical (unpaired) electrons. The van der Waals surface area contributed by atoms with Crippen LogP contribution in [0.5, 0.6) is 0 Å². The summed E-state index contributed by atoms with van der Waals surface area (Å²) >= 11 is 3.60. The summed E-state index contributed by atoms with van der Waals surface area (Å²) in [5.74, 6) is 0.588. The Morgan fingerprint density at radius 1 is 1.25 bits per heavy atom. The van der Waals surface area contributed by atoms with Gasteiger partial charge >= 0.3 is 0 Å². The van der Waals surface area contributed by atoms with E-state index in [1.807, 2.05) is 0 Å². The summed E-state index contributed by atoms with van der Waals surface area (Å²) in [4.78, 5) is 0.541. The van der Waals surface area contributed by atoms with Gasteiger partial charge in [0.1, 0.15) is 0 Å².